The third-order valence-electron chi connectivity index (χ3n) is 5.11. The van der Waals surface area contributed by atoms with Crippen LogP contribution in [0.4, 0.5) is 0 Å². The number of likely N-dealkylation sites (tertiary alicyclic amines) is 1. The number of rotatable bonds is 5. The number of nitrogens with zero attached hydrogens (tertiary/aromatic N) is 1. The minimum Gasteiger partial charge on any atom is -0.480 e. The van der Waals surface area contributed by atoms with Crippen molar-refractivity contribution < 1.29 is 9.90 Å². The maximum Gasteiger partial charge on any atom is 0.317 e. The zero-order chi connectivity index (χ0) is 16.3. The quantitative estimate of drug-likeness (QED) is 0.891. The molecule has 1 fully saturated rings. The molecule has 3 rings (SSSR count). The highest BCUT2D eigenvalue weighted by molar-refractivity contribution is 5.85. The van der Waals surface area contributed by atoms with Gasteiger partial charge in [0.2, 0.25) is 0 Å². The van der Waals surface area contributed by atoms with Crippen molar-refractivity contribution >= 4 is 18.4 Å². The Morgan fingerprint density at radius 1 is 1.08 bits per heavy atom. The van der Waals surface area contributed by atoms with Gasteiger partial charge in [0.05, 0.1) is 6.54 Å². The molecule has 0 saturated carbocycles. The summed E-state index contributed by atoms with van der Waals surface area (Å²) in [4.78, 5) is 13.4. The highest BCUT2D eigenvalue weighted by Gasteiger charge is 2.48. The summed E-state index contributed by atoms with van der Waals surface area (Å²) in [6.45, 7) is 3.08. The summed E-state index contributed by atoms with van der Waals surface area (Å²) in [5, 5.41) is 9.26. The van der Waals surface area contributed by atoms with E-state index in [0.29, 0.717) is 0 Å². The second-order valence-electron chi connectivity index (χ2n) is 6.24. The molecule has 1 saturated heterocycles. The van der Waals surface area contributed by atoms with Crippen LogP contribution in [0.2, 0.25) is 0 Å². The lowest BCUT2D eigenvalue weighted by Gasteiger charge is -2.39. The molecule has 1 heterocycles. The average Bonchev–Trinajstić information content (AvgIpc) is 2.95. The summed E-state index contributed by atoms with van der Waals surface area (Å²) in [5.74, 6) is -0.750. The molecule has 0 amide bonds. The van der Waals surface area contributed by atoms with Crippen molar-refractivity contribution in [3.05, 3.63) is 71.8 Å². The van der Waals surface area contributed by atoms with Crippen molar-refractivity contribution in [2.45, 2.75) is 31.2 Å². The zero-order valence-electron chi connectivity index (χ0n) is 13.9. The van der Waals surface area contributed by atoms with Gasteiger partial charge in [0, 0.05) is 18.0 Å². The number of halogens is 1. The average molecular weight is 346 g/mol. The Balaban J connectivity index is 0.00000208. The highest BCUT2D eigenvalue weighted by atomic mass is 35.5. The first-order valence-corrected chi connectivity index (χ1v) is 8.25. The van der Waals surface area contributed by atoms with Gasteiger partial charge in [-0.05, 0) is 24.0 Å². The fraction of sp³-hybridized carbons (Fsp3) is 0.350. The van der Waals surface area contributed by atoms with Crippen LogP contribution in [0, 0.1) is 0 Å². The van der Waals surface area contributed by atoms with Crippen molar-refractivity contribution in [2.24, 2.45) is 0 Å². The Morgan fingerprint density at radius 2 is 1.58 bits per heavy atom. The van der Waals surface area contributed by atoms with Gasteiger partial charge < -0.3 is 5.11 Å². The molecule has 4 heteroatoms. The Morgan fingerprint density at radius 3 is 2.00 bits per heavy atom. The molecule has 24 heavy (non-hydrogen) atoms. The number of carbonyl (C=O) groups is 1. The van der Waals surface area contributed by atoms with Crippen molar-refractivity contribution in [1.29, 1.82) is 0 Å². The Labute approximate surface area is 149 Å². The van der Waals surface area contributed by atoms with E-state index in [1.165, 1.54) is 11.1 Å². The van der Waals surface area contributed by atoms with Crippen LogP contribution in [0.1, 0.15) is 30.9 Å². The molecule has 1 unspecified atom stereocenters. The van der Waals surface area contributed by atoms with E-state index in [0.717, 1.165) is 19.4 Å². The van der Waals surface area contributed by atoms with Gasteiger partial charge in [-0.25, -0.2) is 0 Å². The monoisotopic (exact) mass is 345 g/mol. The van der Waals surface area contributed by atoms with E-state index in [4.69, 9.17) is 0 Å². The molecule has 2 aromatic rings. The minimum absolute atomic E-state index is 0. The number of benzene rings is 2. The molecule has 0 bridgehead atoms. The molecule has 0 aliphatic carbocycles. The predicted molar refractivity (Wildman–Crippen MR) is 98.8 cm³/mol. The third-order valence-corrected chi connectivity index (χ3v) is 5.11. The smallest absolute Gasteiger partial charge is 0.317 e. The summed E-state index contributed by atoms with van der Waals surface area (Å²) in [7, 11) is 0. The lowest BCUT2D eigenvalue weighted by atomic mass is 9.68. The molecule has 0 spiro atoms. The largest absolute Gasteiger partial charge is 0.480 e. The van der Waals surface area contributed by atoms with Crippen LogP contribution in [0.25, 0.3) is 0 Å². The van der Waals surface area contributed by atoms with Gasteiger partial charge in [-0.2, -0.15) is 0 Å². The second kappa shape index (κ2) is 7.82. The molecule has 128 valence electrons. The van der Waals surface area contributed by atoms with Gasteiger partial charge >= 0.3 is 5.97 Å². The molecule has 0 radical (unpaired) electrons. The molecule has 1 aliphatic rings. The molecule has 2 aromatic carbocycles. The highest BCUT2D eigenvalue weighted by Crippen LogP contribution is 2.46. The Kier molecular flexibility index (Phi) is 6.03. The first-order valence-electron chi connectivity index (χ1n) is 8.25. The molecule has 0 aromatic heterocycles. The van der Waals surface area contributed by atoms with Crippen LogP contribution in [0.3, 0.4) is 0 Å². The fourth-order valence-electron chi connectivity index (χ4n) is 4.23. The summed E-state index contributed by atoms with van der Waals surface area (Å²) < 4.78 is 0. The van der Waals surface area contributed by atoms with E-state index in [1.807, 2.05) is 12.1 Å². The maximum absolute atomic E-state index is 11.3. The maximum atomic E-state index is 11.3. The number of carboxylic acid groups (broad SMARTS) is 1. The molecule has 3 nitrogen and oxygen atoms in total. The van der Waals surface area contributed by atoms with E-state index in [1.54, 1.807) is 0 Å². The van der Waals surface area contributed by atoms with Crippen LogP contribution in [0.5, 0.6) is 0 Å². The zero-order valence-corrected chi connectivity index (χ0v) is 14.7. The van der Waals surface area contributed by atoms with Gasteiger partial charge in [-0.3, -0.25) is 9.69 Å². The number of aliphatic carboxylic acids is 1. The molecular formula is C20H24ClNO2. The number of hydrogen-bond donors (Lipinski definition) is 1. The van der Waals surface area contributed by atoms with Crippen LogP contribution in [0.15, 0.2) is 60.7 Å². The summed E-state index contributed by atoms with van der Waals surface area (Å²) >= 11 is 0. The van der Waals surface area contributed by atoms with E-state index in [9.17, 15) is 9.90 Å². The van der Waals surface area contributed by atoms with E-state index >= 15 is 0 Å². The van der Waals surface area contributed by atoms with Crippen LogP contribution in [-0.4, -0.2) is 35.1 Å². The van der Waals surface area contributed by atoms with Gasteiger partial charge in [0.15, 0.2) is 0 Å². The predicted octanol–water partition coefficient (Wildman–Crippen LogP) is 3.96. The molecule has 1 N–H and O–H groups in total. The first kappa shape index (κ1) is 18.5. The molecular weight excluding hydrogens is 322 g/mol. The van der Waals surface area contributed by atoms with E-state index in [2.05, 4.69) is 60.4 Å². The number of hydrogen-bond acceptors (Lipinski definition) is 2. The van der Waals surface area contributed by atoms with Crippen molar-refractivity contribution in [3.63, 3.8) is 0 Å². The van der Waals surface area contributed by atoms with Crippen LogP contribution in [-0.2, 0) is 10.2 Å². The topological polar surface area (TPSA) is 40.5 Å². The van der Waals surface area contributed by atoms with E-state index < -0.39 is 5.97 Å². The lowest BCUT2D eigenvalue weighted by Crippen LogP contribution is -2.44. The van der Waals surface area contributed by atoms with Gasteiger partial charge in [0.1, 0.15) is 0 Å². The van der Waals surface area contributed by atoms with Crippen LogP contribution >= 0.6 is 12.4 Å². The van der Waals surface area contributed by atoms with Gasteiger partial charge in [-0.15, -0.1) is 12.4 Å². The minimum atomic E-state index is -0.750. The SMILES string of the molecule is CCC1N(CC(=O)O)CCC1(c1ccccc1)c1ccccc1.Cl. The lowest BCUT2D eigenvalue weighted by molar-refractivity contribution is -0.138. The normalized spacial score (nSPS) is 19.6. The van der Waals surface area contributed by atoms with Crippen LogP contribution < -0.4 is 0 Å². The second-order valence-corrected chi connectivity index (χ2v) is 6.24. The van der Waals surface area contributed by atoms with E-state index in [-0.39, 0.29) is 30.4 Å². The fourth-order valence-corrected chi connectivity index (χ4v) is 4.23. The Bertz CT molecular complexity index is 620. The van der Waals surface area contributed by atoms with Crippen molar-refractivity contribution in [1.82, 2.24) is 4.90 Å². The third kappa shape index (κ3) is 3.19. The first-order chi connectivity index (χ1) is 11.2. The van der Waals surface area contributed by atoms with Gasteiger partial charge in [-0.1, -0.05) is 67.6 Å². The van der Waals surface area contributed by atoms with Crippen molar-refractivity contribution in [2.75, 3.05) is 13.1 Å². The summed E-state index contributed by atoms with van der Waals surface area (Å²) in [5.41, 5.74) is 2.43. The summed E-state index contributed by atoms with van der Waals surface area (Å²) in [6.07, 6.45) is 1.88. The molecule has 1 atom stereocenters. The van der Waals surface area contributed by atoms with Crippen molar-refractivity contribution in [3.8, 4) is 0 Å². The van der Waals surface area contributed by atoms with Gasteiger partial charge in [0.25, 0.3) is 0 Å². The molecule has 1 aliphatic heterocycles. The standard InChI is InChI=1S/C20H23NO2.ClH/c1-2-18-20(16-9-5-3-6-10-16,17-11-7-4-8-12-17)13-14-21(18)15-19(22)23;/h3-12,18H,2,13-15H2,1H3,(H,22,23);1H. The Hall–Kier alpha value is -1.84. The number of carboxylic acids is 1. The summed E-state index contributed by atoms with van der Waals surface area (Å²) in [6, 6.07) is 21.3.